The van der Waals surface area contributed by atoms with Crippen LogP contribution in [-0.2, 0) is 0 Å². The second-order valence-electron chi connectivity index (χ2n) is 3.84. The molecule has 0 radical (unpaired) electrons. The molecule has 4 nitrogen and oxygen atoms in total. The Bertz CT molecular complexity index is 759. The molecule has 90 valence electrons. The molecule has 2 aromatic carbocycles. The number of rotatable bonds is 1. The highest BCUT2D eigenvalue weighted by molar-refractivity contribution is 9.10. The molecule has 0 atom stereocenters. The largest absolute Gasteiger partial charge is 0.618 e. The molecular formula is C13H9BrN2O2. The van der Waals surface area contributed by atoms with Crippen LogP contribution < -0.4 is 9.47 Å². The molecule has 0 saturated heterocycles. The molecule has 3 aromatic rings. The van der Waals surface area contributed by atoms with Gasteiger partial charge in [0.15, 0.2) is 11.3 Å². The van der Waals surface area contributed by atoms with E-state index in [2.05, 4.69) is 20.9 Å². The number of ether oxygens (including phenoxy) is 1. The van der Waals surface area contributed by atoms with Crippen LogP contribution in [0.25, 0.3) is 22.1 Å². The van der Waals surface area contributed by atoms with E-state index < -0.39 is 0 Å². The van der Waals surface area contributed by atoms with Crippen molar-refractivity contribution >= 4 is 38.0 Å². The maximum atomic E-state index is 12.4. The third kappa shape index (κ3) is 1.51. The van der Waals surface area contributed by atoms with Gasteiger partial charge in [-0.3, -0.25) is 0 Å². The lowest BCUT2D eigenvalue weighted by atomic mass is 10.2. The normalized spacial score (nSPS) is 11.0. The van der Waals surface area contributed by atoms with Gasteiger partial charge >= 0.3 is 0 Å². The van der Waals surface area contributed by atoms with Crippen molar-refractivity contribution in [2.75, 3.05) is 7.11 Å². The summed E-state index contributed by atoms with van der Waals surface area (Å²) in [5.41, 5.74) is 2.23. The number of hydrogen-bond acceptors (Lipinski definition) is 3. The highest BCUT2D eigenvalue weighted by atomic mass is 79.9. The van der Waals surface area contributed by atoms with Crippen LogP contribution in [0, 0.1) is 5.21 Å². The summed E-state index contributed by atoms with van der Waals surface area (Å²) in [5, 5.41) is 12.4. The monoisotopic (exact) mass is 304 g/mol. The minimum absolute atomic E-state index is 0.436. The minimum atomic E-state index is 0.436. The molecule has 0 saturated carbocycles. The zero-order valence-corrected chi connectivity index (χ0v) is 11.1. The lowest BCUT2D eigenvalue weighted by molar-refractivity contribution is -0.548. The predicted octanol–water partition coefficient (Wildman–Crippen LogP) is 2.79. The molecule has 18 heavy (non-hydrogen) atoms. The first kappa shape index (κ1) is 11.2. The molecule has 0 bridgehead atoms. The molecule has 0 fully saturated rings. The lowest BCUT2D eigenvalue weighted by Crippen LogP contribution is -2.29. The van der Waals surface area contributed by atoms with Crippen LogP contribution in [0.15, 0.2) is 40.9 Å². The highest BCUT2D eigenvalue weighted by Crippen LogP contribution is 2.29. The Hall–Kier alpha value is -1.88. The van der Waals surface area contributed by atoms with Gasteiger partial charge in [0, 0.05) is 6.07 Å². The first-order chi connectivity index (χ1) is 8.72. The van der Waals surface area contributed by atoms with Crippen molar-refractivity contribution in [3.63, 3.8) is 0 Å². The Morgan fingerprint density at radius 1 is 1.22 bits per heavy atom. The molecule has 5 heteroatoms. The van der Waals surface area contributed by atoms with Crippen LogP contribution in [0.1, 0.15) is 0 Å². The fourth-order valence-corrected chi connectivity index (χ4v) is 2.38. The summed E-state index contributed by atoms with van der Waals surface area (Å²) in [6.07, 6.45) is 0. The van der Waals surface area contributed by atoms with E-state index in [9.17, 15) is 5.21 Å². The average molecular weight is 305 g/mol. The molecule has 1 aromatic heterocycles. The van der Waals surface area contributed by atoms with E-state index in [0.29, 0.717) is 27.8 Å². The SMILES string of the molecule is COc1ccc(Br)c2nc3ccccc3[n+]([O-])c12. The third-order valence-corrected chi connectivity index (χ3v) is 3.46. The second-order valence-corrected chi connectivity index (χ2v) is 4.70. The Kier molecular flexibility index (Phi) is 2.56. The zero-order chi connectivity index (χ0) is 12.7. The van der Waals surface area contributed by atoms with Gasteiger partial charge in [-0.05, 0) is 34.1 Å². The highest BCUT2D eigenvalue weighted by Gasteiger charge is 2.18. The van der Waals surface area contributed by atoms with E-state index in [1.54, 1.807) is 12.1 Å². The Morgan fingerprint density at radius 3 is 2.78 bits per heavy atom. The predicted molar refractivity (Wildman–Crippen MR) is 72.5 cm³/mol. The Morgan fingerprint density at radius 2 is 2.00 bits per heavy atom. The van der Waals surface area contributed by atoms with Crippen LogP contribution >= 0.6 is 15.9 Å². The smallest absolute Gasteiger partial charge is 0.286 e. The minimum Gasteiger partial charge on any atom is -0.618 e. The topological polar surface area (TPSA) is 49.1 Å². The van der Waals surface area contributed by atoms with Gasteiger partial charge in [-0.15, -0.1) is 0 Å². The summed E-state index contributed by atoms with van der Waals surface area (Å²) in [7, 11) is 1.54. The van der Waals surface area contributed by atoms with Crippen molar-refractivity contribution < 1.29 is 9.47 Å². The number of para-hydroxylation sites is 2. The maximum absolute atomic E-state index is 12.4. The van der Waals surface area contributed by atoms with Gasteiger partial charge in [0.2, 0.25) is 5.52 Å². The van der Waals surface area contributed by atoms with Crippen LogP contribution in [0.5, 0.6) is 5.75 Å². The van der Waals surface area contributed by atoms with Crippen LogP contribution in [0.3, 0.4) is 0 Å². The van der Waals surface area contributed by atoms with Crippen molar-refractivity contribution in [3.8, 4) is 5.75 Å². The van der Waals surface area contributed by atoms with E-state index in [0.717, 1.165) is 9.20 Å². The first-order valence-electron chi connectivity index (χ1n) is 5.37. The summed E-state index contributed by atoms with van der Waals surface area (Å²) >= 11 is 3.41. The van der Waals surface area contributed by atoms with Gasteiger partial charge in [-0.1, -0.05) is 12.1 Å². The summed E-state index contributed by atoms with van der Waals surface area (Å²) in [6.45, 7) is 0. The fourth-order valence-electron chi connectivity index (χ4n) is 1.98. The number of methoxy groups -OCH3 is 1. The molecule has 3 rings (SSSR count). The molecule has 0 unspecified atom stereocenters. The maximum Gasteiger partial charge on any atom is 0.286 e. The number of hydrogen-bond donors (Lipinski definition) is 0. The van der Waals surface area contributed by atoms with Gasteiger partial charge in [0.1, 0.15) is 5.52 Å². The van der Waals surface area contributed by atoms with Crippen molar-refractivity contribution in [2.45, 2.75) is 0 Å². The standard InChI is InChI=1S/C13H9BrN2O2/c1-18-11-7-6-8(14)12-13(11)16(17)10-5-3-2-4-9(10)15-12/h2-7H,1H3. The molecule has 0 spiro atoms. The van der Waals surface area contributed by atoms with Crippen LogP contribution in [0.2, 0.25) is 0 Å². The van der Waals surface area contributed by atoms with E-state index in [1.807, 2.05) is 24.3 Å². The quantitative estimate of drug-likeness (QED) is 0.394. The van der Waals surface area contributed by atoms with Gasteiger partial charge in [-0.2, -0.15) is 4.73 Å². The summed E-state index contributed by atoms with van der Waals surface area (Å²) in [4.78, 5) is 4.50. The van der Waals surface area contributed by atoms with Gasteiger partial charge in [0.05, 0.1) is 11.6 Å². The number of benzene rings is 2. The lowest BCUT2D eigenvalue weighted by Gasteiger charge is -2.09. The third-order valence-electron chi connectivity index (χ3n) is 2.82. The zero-order valence-electron chi connectivity index (χ0n) is 9.55. The van der Waals surface area contributed by atoms with Crippen LogP contribution in [0.4, 0.5) is 0 Å². The van der Waals surface area contributed by atoms with Crippen molar-refractivity contribution in [2.24, 2.45) is 0 Å². The molecule has 0 aliphatic heterocycles. The molecule has 0 aliphatic carbocycles. The Balaban J connectivity index is 2.59. The van der Waals surface area contributed by atoms with E-state index in [-0.39, 0.29) is 0 Å². The van der Waals surface area contributed by atoms with Crippen molar-refractivity contribution in [1.82, 2.24) is 4.98 Å². The van der Waals surface area contributed by atoms with Gasteiger partial charge < -0.3 is 9.94 Å². The van der Waals surface area contributed by atoms with E-state index >= 15 is 0 Å². The number of halogens is 1. The summed E-state index contributed by atoms with van der Waals surface area (Å²) in [5.74, 6) is 0.515. The van der Waals surface area contributed by atoms with Gasteiger partial charge in [-0.25, -0.2) is 4.98 Å². The Labute approximate surface area is 112 Å². The average Bonchev–Trinajstić information content (AvgIpc) is 2.40. The van der Waals surface area contributed by atoms with E-state index in [1.165, 1.54) is 7.11 Å². The van der Waals surface area contributed by atoms with Crippen molar-refractivity contribution in [1.29, 1.82) is 0 Å². The molecule has 0 N–H and O–H groups in total. The second kappa shape index (κ2) is 4.10. The molecular weight excluding hydrogens is 296 g/mol. The molecule has 0 aliphatic rings. The van der Waals surface area contributed by atoms with Gasteiger partial charge in [0.25, 0.3) is 5.52 Å². The van der Waals surface area contributed by atoms with Crippen LogP contribution in [-0.4, -0.2) is 12.1 Å². The number of aromatic nitrogens is 2. The summed E-state index contributed by atoms with van der Waals surface area (Å²) in [6, 6.07) is 10.8. The first-order valence-corrected chi connectivity index (χ1v) is 6.16. The number of fused-ring (bicyclic) bond motifs is 2. The van der Waals surface area contributed by atoms with E-state index in [4.69, 9.17) is 4.74 Å². The molecule has 1 heterocycles. The van der Waals surface area contributed by atoms with Crippen molar-refractivity contribution in [3.05, 3.63) is 46.1 Å². The summed E-state index contributed by atoms with van der Waals surface area (Å²) < 4.78 is 6.86. The molecule has 0 amide bonds. The number of nitrogens with zero attached hydrogens (tertiary/aromatic N) is 2. The fraction of sp³-hybridized carbons (Fsp3) is 0.0769.